The molecule has 0 bridgehead atoms. The van der Waals surface area contributed by atoms with Gasteiger partial charge in [0.2, 0.25) is 0 Å². The second kappa shape index (κ2) is 7.88. The fourth-order valence-electron chi connectivity index (χ4n) is 1.95. The van der Waals surface area contributed by atoms with Crippen molar-refractivity contribution in [2.24, 2.45) is 0 Å². The normalized spacial score (nSPS) is 13.1. The molecule has 134 valence electrons. The van der Waals surface area contributed by atoms with Crippen LogP contribution < -0.4 is 5.32 Å². The van der Waals surface area contributed by atoms with Crippen molar-refractivity contribution in [3.63, 3.8) is 0 Å². The maximum absolute atomic E-state index is 12.1. The lowest BCUT2D eigenvalue weighted by atomic mass is 10.0. The van der Waals surface area contributed by atoms with Crippen molar-refractivity contribution in [2.75, 3.05) is 0 Å². The third-order valence-electron chi connectivity index (χ3n) is 2.75. The summed E-state index contributed by atoms with van der Waals surface area (Å²) in [6, 6.07) is 6.36. The molecule has 0 aliphatic carbocycles. The van der Waals surface area contributed by atoms with Crippen LogP contribution in [0.5, 0.6) is 0 Å². The highest BCUT2D eigenvalue weighted by atomic mass is 35.5. The lowest BCUT2D eigenvalue weighted by molar-refractivity contribution is -0.155. The van der Waals surface area contributed by atoms with Crippen LogP contribution in [0.2, 0.25) is 5.02 Å². The standard InChI is InChI=1S/C18H26ClNO4/c1-17(2,3)23-15(21)11-14(12-7-9-13(19)10-8-12)20-16(22)24-18(4,5)6/h7-10,14H,11H2,1-6H3,(H,20,22)/t14-/m0/s1. The maximum Gasteiger partial charge on any atom is 0.408 e. The van der Waals surface area contributed by atoms with Gasteiger partial charge >= 0.3 is 12.1 Å². The lowest BCUT2D eigenvalue weighted by Gasteiger charge is -2.25. The summed E-state index contributed by atoms with van der Waals surface area (Å²) in [4.78, 5) is 24.2. The van der Waals surface area contributed by atoms with Gasteiger partial charge < -0.3 is 14.8 Å². The van der Waals surface area contributed by atoms with Crippen molar-refractivity contribution in [1.82, 2.24) is 5.32 Å². The molecule has 0 saturated heterocycles. The number of hydrogen-bond acceptors (Lipinski definition) is 4. The van der Waals surface area contributed by atoms with Gasteiger partial charge in [0.05, 0.1) is 12.5 Å². The highest BCUT2D eigenvalue weighted by Gasteiger charge is 2.25. The van der Waals surface area contributed by atoms with Gasteiger partial charge in [0.15, 0.2) is 0 Å². The first-order chi connectivity index (χ1) is 10.9. The van der Waals surface area contributed by atoms with E-state index in [2.05, 4.69) is 5.32 Å². The Balaban J connectivity index is 2.89. The van der Waals surface area contributed by atoms with Crippen LogP contribution in [-0.2, 0) is 14.3 Å². The number of amides is 1. The predicted octanol–water partition coefficient (Wildman–Crippen LogP) is 4.64. The number of hydrogen-bond donors (Lipinski definition) is 1. The fourth-order valence-corrected chi connectivity index (χ4v) is 2.07. The van der Waals surface area contributed by atoms with E-state index in [4.69, 9.17) is 21.1 Å². The van der Waals surface area contributed by atoms with Gasteiger partial charge in [0, 0.05) is 5.02 Å². The SMILES string of the molecule is CC(C)(C)OC(=O)C[C@H](NC(=O)OC(C)(C)C)c1ccc(Cl)cc1. The maximum atomic E-state index is 12.1. The Bertz CT molecular complexity index is 540. The molecule has 0 fully saturated rings. The van der Waals surface area contributed by atoms with Crippen LogP contribution in [0.3, 0.4) is 0 Å². The third kappa shape index (κ3) is 8.20. The first-order valence-electron chi connectivity index (χ1n) is 7.82. The molecule has 1 aromatic carbocycles. The Morgan fingerprint density at radius 3 is 1.96 bits per heavy atom. The smallest absolute Gasteiger partial charge is 0.408 e. The molecule has 1 amide bonds. The average Bonchev–Trinajstić information content (AvgIpc) is 2.34. The Morgan fingerprint density at radius 1 is 1.00 bits per heavy atom. The minimum atomic E-state index is -0.624. The summed E-state index contributed by atoms with van der Waals surface area (Å²) < 4.78 is 10.6. The molecule has 1 atom stereocenters. The summed E-state index contributed by atoms with van der Waals surface area (Å²) in [7, 11) is 0. The minimum absolute atomic E-state index is 0.00184. The van der Waals surface area contributed by atoms with Crippen LogP contribution in [0.4, 0.5) is 4.79 Å². The zero-order chi connectivity index (χ0) is 18.5. The number of esters is 1. The number of alkyl carbamates (subject to hydrolysis) is 1. The zero-order valence-electron chi connectivity index (χ0n) is 15.1. The Morgan fingerprint density at radius 2 is 1.50 bits per heavy atom. The van der Waals surface area contributed by atoms with Crippen LogP contribution >= 0.6 is 11.6 Å². The molecule has 0 heterocycles. The number of carbonyl (C=O) groups excluding carboxylic acids is 2. The molecule has 0 aliphatic rings. The van der Waals surface area contributed by atoms with E-state index >= 15 is 0 Å². The van der Waals surface area contributed by atoms with Crippen LogP contribution in [0, 0.1) is 0 Å². The summed E-state index contributed by atoms with van der Waals surface area (Å²) in [6.45, 7) is 10.7. The van der Waals surface area contributed by atoms with E-state index in [1.54, 1.807) is 65.8 Å². The van der Waals surface area contributed by atoms with E-state index in [-0.39, 0.29) is 6.42 Å². The molecule has 0 aliphatic heterocycles. The van der Waals surface area contributed by atoms with Gasteiger partial charge in [-0.2, -0.15) is 0 Å². The molecule has 24 heavy (non-hydrogen) atoms. The Hall–Kier alpha value is -1.75. The fraction of sp³-hybridized carbons (Fsp3) is 0.556. The predicted molar refractivity (Wildman–Crippen MR) is 94.0 cm³/mol. The van der Waals surface area contributed by atoms with Gasteiger partial charge in [0.25, 0.3) is 0 Å². The van der Waals surface area contributed by atoms with Crippen molar-refractivity contribution in [2.45, 2.75) is 65.2 Å². The second-order valence-corrected chi connectivity index (χ2v) is 7.98. The van der Waals surface area contributed by atoms with Gasteiger partial charge in [0.1, 0.15) is 11.2 Å². The number of ether oxygens (including phenoxy) is 2. The molecular formula is C18H26ClNO4. The topological polar surface area (TPSA) is 64.6 Å². The first-order valence-corrected chi connectivity index (χ1v) is 8.20. The molecule has 1 aromatic rings. The molecule has 0 radical (unpaired) electrons. The Labute approximate surface area is 148 Å². The molecule has 0 saturated carbocycles. The van der Waals surface area contributed by atoms with Crippen molar-refractivity contribution in [3.8, 4) is 0 Å². The number of rotatable bonds is 4. The van der Waals surface area contributed by atoms with E-state index < -0.39 is 29.3 Å². The van der Waals surface area contributed by atoms with Gasteiger partial charge in [-0.3, -0.25) is 4.79 Å². The van der Waals surface area contributed by atoms with Crippen LogP contribution in [0.15, 0.2) is 24.3 Å². The van der Waals surface area contributed by atoms with E-state index in [0.717, 1.165) is 5.56 Å². The third-order valence-corrected chi connectivity index (χ3v) is 3.01. The van der Waals surface area contributed by atoms with Gasteiger partial charge in [-0.25, -0.2) is 4.79 Å². The molecule has 6 heteroatoms. The summed E-state index contributed by atoms with van der Waals surface area (Å²) in [5, 5.41) is 3.30. The lowest BCUT2D eigenvalue weighted by Crippen LogP contribution is -2.36. The van der Waals surface area contributed by atoms with E-state index in [1.807, 2.05) is 0 Å². The van der Waals surface area contributed by atoms with Gasteiger partial charge in [-0.15, -0.1) is 0 Å². The highest BCUT2D eigenvalue weighted by molar-refractivity contribution is 6.30. The van der Waals surface area contributed by atoms with Crippen molar-refractivity contribution in [1.29, 1.82) is 0 Å². The average molecular weight is 356 g/mol. The number of benzene rings is 1. The number of nitrogens with one attached hydrogen (secondary N) is 1. The summed E-state index contributed by atoms with van der Waals surface area (Å²) >= 11 is 5.90. The molecule has 0 unspecified atom stereocenters. The molecule has 5 nitrogen and oxygen atoms in total. The zero-order valence-corrected chi connectivity index (χ0v) is 15.9. The van der Waals surface area contributed by atoms with Crippen LogP contribution in [0.25, 0.3) is 0 Å². The molecular weight excluding hydrogens is 330 g/mol. The summed E-state index contributed by atoms with van der Waals surface area (Å²) in [6.07, 6.45) is -0.593. The van der Waals surface area contributed by atoms with Crippen molar-refractivity contribution < 1.29 is 19.1 Å². The number of carbonyl (C=O) groups is 2. The second-order valence-electron chi connectivity index (χ2n) is 7.54. The van der Waals surface area contributed by atoms with Gasteiger partial charge in [-0.1, -0.05) is 23.7 Å². The monoisotopic (exact) mass is 355 g/mol. The van der Waals surface area contributed by atoms with Gasteiger partial charge in [-0.05, 0) is 59.2 Å². The largest absolute Gasteiger partial charge is 0.460 e. The molecule has 1 rings (SSSR count). The summed E-state index contributed by atoms with van der Waals surface area (Å²) in [5.74, 6) is -0.404. The van der Waals surface area contributed by atoms with E-state index in [9.17, 15) is 9.59 Å². The van der Waals surface area contributed by atoms with Crippen LogP contribution in [-0.4, -0.2) is 23.3 Å². The molecule has 0 aromatic heterocycles. The van der Waals surface area contributed by atoms with E-state index in [1.165, 1.54) is 0 Å². The quantitative estimate of drug-likeness (QED) is 0.799. The highest BCUT2D eigenvalue weighted by Crippen LogP contribution is 2.22. The number of halogens is 1. The summed E-state index contributed by atoms with van der Waals surface area (Å²) in [5.41, 5.74) is -0.468. The molecule has 0 spiro atoms. The van der Waals surface area contributed by atoms with E-state index in [0.29, 0.717) is 5.02 Å². The Kier molecular flexibility index (Phi) is 6.67. The van der Waals surface area contributed by atoms with Crippen molar-refractivity contribution in [3.05, 3.63) is 34.9 Å². The van der Waals surface area contributed by atoms with Crippen molar-refractivity contribution >= 4 is 23.7 Å². The minimum Gasteiger partial charge on any atom is -0.460 e. The first kappa shape index (κ1) is 20.3. The molecule has 1 N–H and O–H groups in total. The van der Waals surface area contributed by atoms with Crippen LogP contribution in [0.1, 0.15) is 59.6 Å².